The minimum atomic E-state index is -0.505. The van der Waals surface area contributed by atoms with Crippen molar-refractivity contribution in [3.63, 3.8) is 0 Å². The second kappa shape index (κ2) is 6.02. The Balaban J connectivity index is 2.19. The van der Waals surface area contributed by atoms with Gasteiger partial charge in [0.25, 0.3) is 0 Å². The molecule has 0 saturated carbocycles. The van der Waals surface area contributed by atoms with Crippen LogP contribution in [0.3, 0.4) is 0 Å². The van der Waals surface area contributed by atoms with Crippen molar-refractivity contribution in [1.82, 2.24) is 9.36 Å². The molecule has 1 aromatic carbocycles. The minimum Gasteiger partial charge on any atom is -0.389 e. The zero-order chi connectivity index (χ0) is 13.1. The Morgan fingerprint density at radius 3 is 2.83 bits per heavy atom. The fourth-order valence-electron chi connectivity index (χ4n) is 1.38. The van der Waals surface area contributed by atoms with E-state index in [1.165, 1.54) is 23.3 Å². The van der Waals surface area contributed by atoms with E-state index in [4.69, 9.17) is 11.6 Å². The lowest BCUT2D eigenvalue weighted by Gasteiger charge is -2.07. The summed E-state index contributed by atoms with van der Waals surface area (Å²) in [6, 6.07) is 5.57. The van der Waals surface area contributed by atoms with Crippen molar-refractivity contribution in [2.45, 2.75) is 35.6 Å². The fourth-order valence-corrected chi connectivity index (χ4v) is 3.34. The second-order valence-corrected chi connectivity index (χ2v) is 6.25. The molecule has 0 amide bonds. The maximum atomic E-state index is 9.48. The number of benzene rings is 1. The first-order chi connectivity index (χ1) is 8.60. The van der Waals surface area contributed by atoms with Crippen LogP contribution in [0.1, 0.15) is 31.3 Å². The molecule has 0 unspecified atom stereocenters. The molecular formula is C12H13ClN2OS2. The van der Waals surface area contributed by atoms with Gasteiger partial charge in [0.2, 0.25) is 0 Å². The average Bonchev–Trinajstić information content (AvgIpc) is 2.79. The molecule has 18 heavy (non-hydrogen) atoms. The van der Waals surface area contributed by atoms with Crippen LogP contribution in [0.4, 0.5) is 0 Å². The molecule has 6 heteroatoms. The summed E-state index contributed by atoms with van der Waals surface area (Å²) in [6.45, 7) is 3.75. The van der Waals surface area contributed by atoms with Gasteiger partial charge in [-0.05, 0) is 36.2 Å². The highest BCUT2D eigenvalue weighted by molar-refractivity contribution is 8.01. The third-order valence-corrected chi connectivity index (χ3v) is 4.69. The smallest absolute Gasteiger partial charge is 0.174 e. The molecule has 1 N–H and O–H groups in total. The lowest BCUT2D eigenvalue weighted by Crippen LogP contribution is -1.90. The van der Waals surface area contributed by atoms with Gasteiger partial charge in [0.05, 0.1) is 11.1 Å². The highest BCUT2D eigenvalue weighted by Crippen LogP contribution is 2.35. The standard InChI is InChI=1S/C12H13ClN2OS2/c1-3-11-14-12(18-15-11)17-10-5-4-8(7(2)16)6-9(10)13/h4-7,16H,3H2,1-2H3/t7-/m0/s1. The van der Waals surface area contributed by atoms with E-state index in [0.29, 0.717) is 5.02 Å². The predicted octanol–water partition coefficient (Wildman–Crippen LogP) is 3.96. The summed E-state index contributed by atoms with van der Waals surface area (Å²) in [5.74, 6) is 0.860. The van der Waals surface area contributed by atoms with Crippen LogP contribution in [0, 0.1) is 0 Å². The van der Waals surface area contributed by atoms with Crippen LogP contribution in [0.5, 0.6) is 0 Å². The Labute approximate surface area is 119 Å². The number of hydrogen-bond acceptors (Lipinski definition) is 5. The summed E-state index contributed by atoms with van der Waals surface area (Å²) in [4.78, 5) is 5.32. The van der Waals surface area contributed by atoms with E-state index >= 15 is 0 Å². The van der Waals surface area contributed by atoms with E-state index in [9.17, 15) is 5.11 Å². The van der Waals surface area contributed by atoms with Gasteiger partial charge < -0.3 is 5.11 Å². The van der Waals surface area contributed by atoms with Crippen LogP contribution in [0.2, 0.25) is 5.02 Å². The third-order valence-electron chi connectivity index (χ3n) is 2.40. The zero-order valence-corrected chi connectivity index (χ0v) is 12.4. The number of rotatable bonds is 4. The van der Waals surface area contributed by atoms with E-state index in [0.717, 1.165) is 27.0 Å². The van der Waals surface area contributed by atoms with E-state index in [2.05, 4.69) is 9.36 Å². The SMILES string of the molecule is CCc1nsc(Sc2ccc([C@H](C)O)cc2Cl)n1. The van der Waals surface area contributed by atoms with Gasteiger partial charge in [-0.2, -0.15) is 4.37 Å². The van der Waals surface area contributed by atoms with Gasteiger partial charge in [-0.3, -0.25) is 0 Å². The monoisotopic (exact) mass is 300 g/mol. The van der Waals surface area contributed by atoms with E-state index in [-0.39, 0.29) is 0 Å². The molecule has 0 saturated heterocycles. The molecule has 0 radical (unpaired) electrons. The molecule has 1 aromatic heterocycles. The van der Waals surface area contributed by atoms with Crippen LogP contribution in [0.15, 0.2) is 27.4 Å². The Kier molecular flexibility index (Phi) is 4.61. The van der Waals surface area contributed by atoms with Crippen LogP contribution in [0.25, 0.3) is 0 Å². The van der Waals surface area contributed by atoms with Gasteiger partial charge in [-0.15, -0.1) is 0 Å². The number of aliphatic hydroxyl groups is 1. The van der Waals surface area contributed by atoms with E-state index < -0.39 is 6.10 Å². The van der Waals surface area contributed by atoms with Crippen molar-refractivity contribution in [1.29, 1.82) is 0 Å². The first kappa shape index (κ1) is 13.8. The number of aromatic nitrogens is 2. The largest absolute Gasteiger partial charge is 0.389 e. The van der Waals surface area contributed by atoms with Crippen LogP contribution in [-0.4, -0.2) is 14.5 Å². The maximum Gasteiger partial charge on any atom is 0.174 e. The van der Waals surface area contributed by atoms with Crippen molar-refractivity contribution >= 4 is 34.9 Å². The van der Waals surface area contributed by atoms with Crippen molar-refractivity contribution < 1.29 is 5.11 Å². The zero-order valence-electron chi connectivity index (χ0n) is 10.1. The van der Waals surface area contributed by atoms with Gasteiger partial charge in [0, 0.05) is 11.3 Å². The Morgan fingerprint density at radius 1 is 1.50 bits per heavy atom. The van der Waals surface area contributed by atoms with Crippen molar-refractivity contribution in [3.05, 3.63) is 34.6 Å². The molecule has 0 spiro atoms. The molecular weight excluding hydrogens is 288 g/mol. The summed E-state index contributed by atoms with van der Waals surface area (Å²) >= 11 is 9.07. The Hall–Kier alpha value is -0.620. The molecule has 1 atom stereocenters. The molecule has 1 heterocycles. The molecule has 0 aliphatic rings. The summed E-state index contributed by atoms with van der Waals surface area (Å²) in [7, 11) is 0. The second-order valence-electron chi connectivity index (χ2n) is 3.80. The normalized spacial score (nSPS) is 12.7. The molecule has 96 valence electrons. The molecule has 0 aliphatic heterocycles. The first-order valence-corrected chi connectivity index (χ1v) is 7.55. The highest BCUT2D eigenvalue weighted by Gasteiger charge is 2.10. The van der Waals surface area contributed by atoms with Gasteiger partial charge in [0.1, 0.15) is 5.82 Å². The summed E-state index contributed by atoms with van der Waals surface area (Å²) < 4.78 is 5.12. The fraction of sp³-hybridized carbons (Fsp3) is 0.333. The Morgan fingerprint density at radius 2 is 2.28 bits per heavy atom. The van der Waals surface area contributed by atoms with E-state index in [1.54, 1.807) is 13.0 Å². The summed E-state index contributed by atoms with van der Waals surface area (Å²) in [5, 5.41) is 10.1. The molecule has 0 bridgehead atoms. The molecule has 3 nitrogen and oxygen atoms in total. The van der Waals surface area contributed by atoms with Gasteiger partial charge >= 0.3 is 0 Å². The quantitative estimate of drug-likeness (QED) is 0.928. The molecule has 0 aliphatic carbocycles. The molecule has 2 aromatic rings. The number of hydrogen-bond donors (Lipinski definition) is 1. The van der Waals surface area contributed by atoms with Crippen molar-refractivity contribution in [2.75, 3.05) is 0 Å². The molecule has 0 fully saturated rings. The third kappa shape index (κ3) is 3.23. The predicted molar refractivity (Wildman–Crippen MR) is 75.5 cm³/mol. The van der Waals surface area contributed by atoms with E-state index in [1.807, 2.05) is 19.1 Å². The highest BCUT2D eigenvalue weighted by atomic mass is 35.5. The van der Waals surface area contributed by atoms with Gasteiger partial charge in [-0.1, -0.05) is 36.4 Å². The number of aliphatic hydroxyl groups excluding tert-OH is 1. The first-order valence-electron chi connectivity index (χ1n) is 5.58. The maximum absolute atomic E-state index is 9.48. The average molecular weight is 301 g/mol. The van der Waals surface area contributed by atoms with Crippen molar-refractivity contribution in [3.8, 4) is 0 Å². The topological polar surface area (TPSA) is 46.0 Å². The lowest BCUT2D eigenvalue weighted by molar-refractivity contribution is 0.199. The van der Waals surface area contributed by atoms with Crippen LogP contribution in [-0.2, 0) is 6.42 Å². The van der Waals surface area contributed by atoms with Gasteiger partial charge in [0.15, 0.2) is 4.34 Å². The summed E-state index contributed by atoms with van der Waals surface area (Å²) in [6.07, 6.45) is 0.334. The van der Waals surface area contributed by atoms with Crippen LogP contribution >= 0.6 is 34.9 Å². The minimum absolute atomic E-state index is 0.505. The summed E-state index contributed by atoms with van der Waals surface area (Å²) in [5.41, 5.74) is 0.816. The Bertz CT molecular complexity index is 543. The number of aryl methyl sites for hydroxylation is 1. The van der Waals surface area contributed by atoms with Crippen LogP contribution < -0.4 is 0 Å². The van der Waals surface area contributed by atoms with Crippen molar-refractivity contribution in [2.24, 2.45) is 0 Å². The number of halogens is 1. The van der Waals surface area contributed by atoms with Gasteiger partial charge in [-0.25, -0.2) is 4.98 Å². The lowest BCUT2D eigenvalue weighted by atomic mass is 10.1. The number of nitrogens with zero attached hydrogens (tertiary/aromatic N) is 2. The molecule has 2 rings (SSSR count).